The fraction of sp³-hybridized carbons (Fsp3) is 0.364. The Morgan fingerprint density at radius 1 is 0.933 bits per heavy atom. The molecule has 3 rings (SSSR count). The number of piperidine rings is 1. The summed E-state index contributed by atoms with van der Waals surface area (Å²) in [6.45, 7) is 1.13. The lowest BCUT2D eigenvalue weighted by Crippen LogP contribution is -2.35. The Bertz CT molecular complexity index is 879. The zero-order chi connectivity index (χ0) is 21.6. The maximum absolute atomic E-state index is 13.2. The molecule has 0 spiro atoms. The second-order valence-corrected chi connectivity index (χ2v) is 7.26. The van der Waals surface area contributed by atoms with Crippen molar-refractivity contribution >= 4 is 23.2 Å². The summed E-state index contributed by atoms with van der Waals surface area (Å²) in [5.74, 6) is -0.911. The molecule has 1 aliphatic heterocycles. The lowest BCUT2D eigenvalue weighted by atomic mass is 10.1. The summed E-state index contributed by atoms with van der Waals surface area (Å²) < 4.78 is 39.5. The van der Waals surface area contributed by atoms with Crippen molar-refractivity contribution in [1.82, 2.24) is 5.32 Å². The summed E-state index contributed by atoms with van der Waals surface area (Å²) >= 11 is 0. The van der Waals surface area contributed by atoms with E-state index in [4.69, 9.17) is 0 Å². The Hall–Kier alpha value is -3.03. The van der Waals surface area contributed by atoms with Gasteiger partial charge in [0.25, 0.3) is 0 Å². The quantitative estimate of drug-likeness (QED) is 0.744. The summed E-state index contributed by atoms with van der Waals surface area (Å²) in [5, 5.41) is 5.05. The predicted octanol–water partition coefficient (Wildman–Crippen LogP) is 3.99. The first kappa shape index (κ1) is 21.7. The van der Waals surface area contributed by atoms with Gasteiger partial charge in [0, 0.05) is 13.1 Å². The minimum atomic E-state index is -4.51. The molecule has 5 nitrogen and oxygen atoms in total. The van der Waals surface area contributed by atoms with Crippen LogP contribution in [0.25, 0.3) is 0 Å². The normalized spacial score (nSPS) is 14.3. The fourth-order valence-electron chi connectivity index (χ4n) is 3.44. The number of carbonyl (C=O) groups excluding carboxylic acids is 2. The van der Waals surface area contributed by atoms with Gasteiger partial charge in [-0.3, -0.25) is 9.59 Å². The standard InChI is InChI=1S/C22H24F3N3O2/c23-22(24,25)17-9-10-19(28-11-5-2-6-12-28)18(14-17)27-21(30)15-26-20(29)13-16-7-3-1-4-8-16/h1,3-4,7-10,14H,2,5-6,11-13,15H2,(H,26,29)(H,27,30). The molecule has 0 aliphatic carbocycles. The van der Waals surface area contributed by atoms with E-state index in [1.165, 1.54) is 6.07 Å². The van der Waals surface area contributed by atoms with Crippen LogP contribution in [0.3, 0.4) is 0 Å². The average molecular weight is 419 g/mol. The van der Waals surface area contributed by atoms with Crippen molar-refractivity contribution in [1.29, 1.82) is 0 Å². The molecule has 1 saturated heterocycles. The molecule has 1 heterocycles. The zero-order valence-electron chi connectivity index (χ0n) is 16.5. The van der Waals surface area contributed by atoms with Crippen LogP contribution in [-0.4, -0.2) is 31.4 Å². The Morgan fingerprint density at radius 2 is 1.63 bits per heavy atom. The number of halogens is 3. The maximum Gasteiger partial charge on any atom is 0.416 e. The third kappa shape index (κ3) is 5.98. The van der Waals surface area contributed by atoms with Crippen molar-refractivity contribution in [3.05, 3.63) is 59.7 Å². The SMILES string of the molecule is O=C(Cc1ccccc1)NCC(=O)Nc1cc(C(F)(F)F)ccc1N1CCCCC1. The highest BCUT2D eigenvalue weighted by Crippen LogP contribution is 2.36. The molecule has 160 valence electrons. The molecule has 2 aromatic rings. The Balaban J connectivity index is 1.66. The van der Waals surface area contributed by atoms with Crippen LogP contribution in [0, 0.1) is 0 Å². The van der Waals surface area contributed by atoms with E-state index in [2.05, 4.69) is 10.6 Å². The van der Waals surface area contributed by atoms with E-state index in [0.717, 1.165) is 50.0 Å². The van der Waals surface area contributed by atoms with Crippen molar-refractivity contribution in [2.75, 3.05) is 29.9 Å². The van der Waals surface area contributed by atoms with E-state index in [1.54, 1.807) is 12.1 Å². The molecule has 0 unspecified atom stereocenters. The van der Waals surface area contributed by atoms with E-state index in [-0.39, 0.29) is 24.6 Å². The molecule has 2 N–H and O–H groups in total. The number of rotatable bonds is 6. The number of carbonyl (C=O) groups is 2. The van der Waals surface area contributed by atoms with Crippen molar-refractivity contribution in [2.24, 2.45) is 0 Å². The van der Waals surface area contributed by atoms with Crippen LogP contribution in [0.5, 0.6) is 0 Å². The molecule has 2 aromatic carbocycles. The van der Waals surface area contributed by atoms with Crippen LogP contribution >= 0.6 is 0 Å². The molecule has 8 heteroatoms. The van der Waals surface area contributed by atoms with Gasteiger partial charge in [0.1, 0.15) is 0 Å². The summed E-state index contributed by atoms with van der Waals surface area (Å²) in [6, 6.07) is 12.4. The van der Waals surface area contributed by atoms with Crippen LogP contribution in [0.15, 0.2) is 48.5 Å². The number of alkyl halides is 3. The predicted molar refractivity (Wildman–Crippen MR) is 109 cm³/mol. The summed E-state index contributed by atoms with van der Waals surface area (Å²) in [5.41, 5.74) is 0.646. The van der Waals surface area contributed by atoms with Crippen molar-refractivity contribution in [2.45, 2.75) is 31.9 Å². The Labute approximate surface area is 173 Å². The number of anilines is 2. The molecule has 0 bridgehead atoms. The Morgan fingerprint density at radius 3 is 2.30 bits per heavy atom. The van der Waals surface area contributed by atoms with E-state index in [1.807, 2.05) is 23.1 Å². The van der Waals surface area contributed by atoms with Gasteiger partial charge in [-0.25, -0.2) is 0 Å². The van der Waals surface area contributed by atoms with Crippen LogP contribution in [0.2, 0.25) is 0 Å². The van der Waals surface area contributed by atoms with E-state index < -0.39 is 17.6 Å². The highest BCUT2D eigenvalue weighted by Gasteiger charge is 2.31. The molecular weight excluding hydrogens is 395 g/mol. The van der Waals surface area contributed by atoms with Gasteiger partial charge in [-0.2, -0.15) is 13.2 Å². The van der Waals surface area contributed by atoms with Gasteiger partial charge in [0.2, 0.25) is 11.8 Å². The van der Waals surface area contributed by atoms with E-state index >= 15 is 0 Å². The van der Waals surface area contributed by atoms with Crippen molar-refractivity contribution < 1.29 is 22.8 Å². The van der Waals surface area contributed by atoms with E-state index in [0.29, 0.717) is 5.69 Å². The molecule has 0 atom stereocenters. The Kier molecular flexibility index (Phi) is 6.97. The maximum atomic E-state index is 13.2. The summed E-state index contributed by atoms with van der Waals surface area (Å²) in [6.07, 6.45) is -1.42. The van der Waals surface area contributed by atoms with Crippen molar-refractivity contribution in [3.8, 4) is 0 Å². The monoisotopic (exact) mass is 419 g/mol. The number of hydrogen-bond donors (Lipinski definition) is 2. The minimum absolute atomic E-state index is 0.106. The third-order valence-corrected chi connectivity index (χ3v) is 4.95. The number of amides is 2. The minimum Gasteiger partial charge on any atom is -0.370 e. The van der Waals surface area contributed by atoms with Crippen molar-refractivity contribution in [3.63, 3.8) is 0 Å². The van der Waals surface area contributed by atoms with E-state index in [9.17, 15) is 22.8 Å². The molecule has 2 amide bonds. The van der Waals surface area contributed by atoms with Gasteiger partial charge >= 0.3 is 6.18 Å². The second kappa shape index (κ2) is 9.65. The number of nitrogens with one attached hydrogen (secondary N) is 2. The first-order valence-corrected chi connectivity index (χ1v) is 9.89. The molecule has 30 heavy (non-hydrogen) atoms. The molecule has 1 aliphatic rings. The lowest BCUT2D eigenvalue weighted by molar-refractivity contribution is -0.137. The largest absolute Gasteiger partial charge is 0.416 e. The number of nitrogens with zero attached hydrogens (tertiary/aromatic N) is 1. The number of hydrogen-bond acceptors (Lipinski definition) is 3. The average Bonchev–Trinajstić information content (AvgIpc) is 2.73. The molecule has 0 radical (unpaired) electrons. The fourth-order valence-corrected chi connectivity index (χ4v) is 3.44. The molecule has 1 fully saturated rings. The van der Waals surface area contributed by atoms with Crippen LogP contribution in [0.1, 0.15) is 30.4 Å². The highest BCUT2D eigenvalue weighted by molar-refractivity contribution is 5.97. The summed E-state index contributed by atoms with van der Waals surface area (Å²) in [4.78, 5) is 26.3. The van der Waals surface area contributed by atoms with Gasteiger partial charge in [-0.15, -0.1) is 0 Å². The van der Waals surface area contributed by atoms with Gasteiger partial charge in [-0.1, -0.05) is 30.3 Å². The first-order chi connectivity index (χ1) is 14.3. The lowest BCUT2D eigenvalue weighted by Gasteiger charge is -2.31. The van der Waals surface area contributed by atoms with Crippen LogP contribution in [0.4, 0.5) is 24.5 Å². The third-order valence-electron chi connectivity index (χ3n) is 4.95. The number of benzene rings is 2. The topological polar surface area (TPSA) is 61.4 Å². The van der Waals surface area contributed by atoms with Gasteiger partial charge in [0.15, 0.2) is 0 Å². The van der Waals surface area contributed by atoms with Crippen LogP contribution in [-0.2, 0) is 22.2 Å². The van der Waals surface area contributed by atoms with Gasteiger partial charge < -0.3 is 15.5 Å². The van der Waals surface area contributed by atoms with Crippen LogP contribution < -0.4 is 15.5 Å². The molecule has 0 aromatic heterocycles. The highest BCUT2D eigenvalue weighted by atomic mass is 19.4. The smallest absolute Gasteiger partial charge is 0.370 e. The van der Waals surface area contributed by atoms with Gasteiger partial charge in [0.05, 0.1) is 29.9 Å². The molecular formula is C22H24F3N3O2. The van der Waals surface area contributed by atoms with Gasteiger partial charge in [-0.05, 0) is 43.0 Å². The molecule has 0 saturated carbocycles. The first-order valence-electron chi connectivity index (χ1n) is 9.89. The second-order valence-electron chi connectivity index (χ2n) is 7.26. The summed E-state index contributed by atoms with van der Waals surface area (Å²) in [7, 11) is 0. The zero-order valence-corrected chi connectivity index (χ0v) is 16.5.